The zero-order valence-electron chi connectivity index (χ0n) is 17.0. The number of hydrogen-bond acceptors (Lipinski definition) is 4. The van der Waals surface area contributed by atoms with Crippen molar-refractivity contribution < 1.29 is 9.53 Å². The molecule has 0 spiro atoms. The van der Waals surface area contributed by atoms with Crippen LogP contribution in [0.5, 0.6) is 0 Å². The second kappa shape index (κ2) is 9.77. The zero-order valence-corrected chi connectivity index (χ0v) is 18.5. The third-order valence-corrected chi connectivity index (χ3v) is 6.34. The second-order valence-electron chi connectivity index (χ2n) is 8.24. The number of ether oxygens (including phenoxy) is 1. The highest BCUT2D eigenvalue weighted by molar-refractivity contribution is 6.35. The molecule has 3 atom stereocenters. The van der Waals surface area contributed by atoms with Crippen LogP contribution in [0.4, 0.5) is 5.69 Å². The van der Waals surface area contributed by atoms with Crippen LogP contribution >= 0.6 is 23.2 Å². The molecule has 7 heteroatoms. The Balaban J connectivity index is 1.47. The quantitative estimate of drug-likeness (QED) is 0.766. The lowest BCUT2D eigenvalue weighted by Crippen LogP contribution is -2.50. The molecule has 1 aromatic rings. The summed E-state index contributed by atoms with van der Waals surface area (Å²) in [5.74, 6) is 0.643. The average molecular weight is 428 g/mol. The van der Waals surface area contributed by atoms with Crippen LogP contribution in [0.25, 0.3) is 0 Å². The monoisotopic (exact) mass is 427 g/mol. The summed E-state index contributed by atoms with van der Waals surface area (Å²) in [7, 11) is 0. The number of halogens is 2. The van der Waals surface area contributed by atoms with Crippen LogP contribution in [-0.2, 0) is 9.53 Å². The highest BCUT2D eigenvalue weighted by Crippen LogP contribution is 2.27. The van der Waals surface area contributed by atoms with Crippen LogP contribution in [-0.4, -0.2) is 66.7 Å². The van der Waals surface area contributed by atoms with Gasteiger partial charge in [0, 0.05) is 24.7 Å². The summed E-state index contributed by atoms with van der Waals surface area (Å²) in [5.41, 5.74) is 0.566. The van der Waals surface area contributed by atoms with Gasteiger partial charge in [0.2, 0.25) is 5.91 Å². The second-order valence-corrected chi connectivity index (χ2v) is 9.09. The predicted molar refractivity (Wildman–Crippen MR) is 115 cm³/mol. The summed E-state index contributed by atoms with van der Waals surface area (Å²) in [6.45, 7) is 11.3. The number of likely N-dealkylation sites (tertiary alicyclic amines) is 1. The molecule has 2 fully saturated rings. The van der Waals surface area contributed by atoms with Gasteiger partial charge in [-0.2, -0.15) is 0 Å². The maximum absolute atomic E-state index is 12.7. The minimum absolute atomic E-state index is 0.0431. The number of anilines is 1. The Morgan fingerprint density at radius 2 is 1.86 bits per heavy atom. The fourth-order valence-corrected chi connectivity index (χ4v) is 4.65. The standard InChI is InChI=1S/C21H31Cl2N3O2/c1-14-11-25(12-15(2)28-14)13-17-6-8-26(9-7-17)16(3)21(27)24-20-10-18(22)4-5-19(20)23/h4-5,10,14-17H,6-9,11-13H2,1-3H3,(H,24,27). The van der Waals surface area contributed by atoms with E-state index in [-0.39, 0.29) is 11.9 Å². The van der Waals surface area contributed by atoms with Crippen LogP contribution in [0.15, 0.2) is 18.2 Å². The Morgan fingerprint density at radius 3 is 2.50 bits per heavy atom. The van der Waals surface area contributed by atoms with E-state index in [1.165, 1.54) is 0 Å². The van der Waals surface area contributed by atoms with Gasteiger partial charge in [-0.1, -0.05) is 23.2 Å². The number of nitrogens with one attached hydrogen (secondary N) is 1. The number of rotatable bonds is 5. The van der Waals surface area contributed by atoms with Gasteiger partial charge in [-0.15, -0.1) is 0 Å². The maximum atomic E-state index is 12.7. The molecule has 2 saturated heterocycles. The van der Waals surface area contributed by atoms with Gasteiger partial charge in [0.15, 0.2) is 0 Å². The molecule has 1 N–H and O–H groups in total. The number of hydrogen-bond donors (Lipinski definition) is 1. The molecular weight excluding hydrogens is 397 g/mol. The molecule has 0 radical (unpaired) electrons. The Morgan fingerprint density at radius 1 is 1.21 bits per heavy atom. The molecule has 2 aliphatic rings. The topological polar surface area (TPSA) is 44.8 Å². The molecule has 5 nitrogen and oxygen atoms in total. The van der Waals surface area contributed by atoms with E-state index in [9.17, 15) is 4.79 Å². The summed E-state index contributed by atoms with van der Waals surface area (Å²) in [6, 6.07) is 4.90. The molecular formula is C21H31Cl2N3O2. The molecule has 2 heterocycles. The van der Waals surface area contributed by atoms with Crippen molar-refractivity contribution in [1.82, 2.24) is 9.80 Å². The SMILES string of the molecule is CC1CN(CC2CCN(C(C)C(=O)Nc3cc(Cl)ccc3Cl)CC2)CC(C)O1. The first kappa shape index (κ1) is 21.8. The highest BCUT2D eigenvalue weighted by Gasteiger charge is 2.29. The van der Waals surface area contributed by atoms with Crippen molar-refractivity contribution in [2.24, 2.45) is 5.92 Å². The summed E-state index contributed by atoms with van der Waals surface area (Å²) in [4.78, 5) is 17.5. The van der Waals surface area contributed by atoms with Crippen molar-refractivity contribution in [2.45, 2.75) is 51.9 Å². The van der Waals surface area contributed by atoms with Gasteiger partial charge in [0.05, 0.1) is 29.0 Å². The van der Waals surface area contributed by atoms with E-state index in [0.717, 1.165) is 45.6 Å². The Hall–Kier alpha value is -0.850. The van der Waals surface area contributed by atoms with Crippen molar-refractivity contribution in [2.75, 3.05) is 38.0 Å². The van der Waals surface area contributed by atoms with Crippen LogP contribution < -0.4 is 5.32 Å². The van der Waals surface area contributed by atoms with Crippen molar-refractivity contribution in [3.63, 3.8) is 0 Å². The lowest BCUT2D eigenvalue weighted by molar-refractivity contribution is -0.121. The lowest BCUT2D eigenvalue weighted by atomic mass is 9.94. The lowest BCUT2D eigenvalue weighted by Gasteiger charge is -2.40. The fourth-order valence-electron chi connectivity index (χ4n) is 4.32. The van der Waals surface area contributed by atoms with Crippen LogP contribution in [0.2, 0.25) is 10.0 Å². The summed E-state index contributed by atoms with van der Waals surface area (Å²) >= 11 is 12.2. The van der Waals surface area contributed by atoms with Crippen molar-refractivity contribution in [1.29, 1.82) is 0 Å². The first-order valence-electron chi connectivity index (χ1n) is 10.2. The van der Waals surface area contributed by atoms with E-state index in [2.05, 4.69) is 29.0 Å². The highest BCUT2D eigenvalue weighted by atomic mass is 35.5. The van der Waals surface area contributed by atoms with Gasteiger partial charge in [-0.3, -0.25) is 14.6 Å². The van der Waals surface area contributed by atoms with Gasteiger partial charge >= 0.3 is 0 Å². The minimum atomic E-state index is -0.195. The molecule has 28 heavy (non-hydrogen) atoms. The average Bonchev–Trinajstić information content (AvgIpc) is 2.64. The number of carbonyl (C=O) groups excluding carboxylic acids is 1. The van der Waals surface area contributed by atoms with Crippen LogP contribution in [0.1, 0.15) is 33.6 Å². The zero-order chi connectivity index (χ0) is 20.3. The molecule has 156 valence electrons. The third-order valence-electron chi connectivity index (χ3n) is 5.77. The summed E-state index contributed by atoms with van der Waals surface area (Å²) in [6.07, 6.45) is 2.86. The van der Waals surface area contributed by atoms with Gasteiger partial charge in [-0.25, -0.2) is 0 Å². The van der Waals surface area contributed by atoms with Crippen molar-refractivity contribution in [3.05, 3.63) is 28.2 Å². The normalized spacial score (nSPS) is 26.2. The molecule has 3 rings (SSSR count). The van der Waals surface area contributed by atoms with Gasteiger partial charge in [0.25, 0.3) is 0 Å². The summed E-state index contributed by atoms with van der Waals surface area (Å²) < 4.78 is 5.83. The maximum Gasteiger partial charge on any atom is 0.241 e. The molecule has 0 aliphatic carbocycles. The molecule has 1 amide bonds. The molecule has 0 saturated carbocycles. The van der Waals surface area contributed by atoms with Gasteiger partial charge in [0.1, 0.15) is 0 Å². The fraction of sp³-hybridized carbons (Fsp3) is 0.667. The Bertz CT molecular complexity index is 670. The van der Waals surface area contributed by atoms with E-state index in [4.69, 9.17) is 27.9 Å². The van der Waals surface area contributed by atoms with E-state index in [1.807, 2.05) is 6.92 Å². The molecule has 0 aromatic heterocycles. The number of piperidine rings is 1. The van der Waals surface area contributed by atoms with E-state index in [0.29, 0.717) is 33.9 Å². The number of benzene rings is 1. The molecule has 3 unspecified atom stereocenters. The van der Waals surface area contributed by atoms with Gasteiger partial charge in [-0.05, 0) is 70.8 Å². The Kier molecular flexibility index (Phi) is 7.62. The van der Waals surface area contributed by atoms with E-state index >= 15 is 0 Å². The Labute approximate surface area is 178 Å². The minimum Gasteiger partial charge on any atom is -0.373 e. The van der Waals surface area contributed by atoms with Crippen molar-refractivity contribution in [3.8, 4) is 0 Å². The van der Waals surface area contributed by atoms with E-state index < -0.39 is 0 Å². The number of morpholine rings is 1. The molecule has 1 aromatic carbocycles. The van der Waals surface area contributed by atoms with E-state index in [1.54, 1.807) is 18.2 Å². The number of amides is 1. The van der Waals surface area contributed by atoms with Crippen LogP contribution in [0.3, 0.4) is 0 Å². The first-order valence-corrected chi connectivity index (χ1v) is 10.9. The third kappa shape index (κ3) is 5.83. The summed E-state index contributed by atoms with van der Waals surface area (Å²) in [5, 5.41) is 3.97. The number of carbonyl (C=O) groups is 1. The smallest absolute Gasteiger partial charge is 0.241 e. The first-order chi connectivity index (χ1) is 13.3. The number of nitrogens with zero attached hydrogens (tertiary/aromatic N) is 2. The van der Waals surface area contributed by atoms with Gasteiger partial charge < -0.3 is 10.1 Å². The van der Waals surface area contributed by atoms with Crippen molar-refractivity contribution >= 4 is 34.8 Å². The largest absolute Gasteiger partial charge is 0.373 e. The predicted octanol–water partition coefficient (Wildman–Crippen LogP) is 4.14. The molecule has 2 aliphatic heterocycles. The molecule has 0 bridgehead atoms. The van der Waals surface area contributed by atoms with Crippen LogP contribution in [0, 0.1) is 5.92 Å².